The molecule has 26 heavy (non-hydrogen) atoms. The van der Waals surface area contributed by atoms with Gasteiger partial charge in [-0.3, -0.25) is 9.69 Å². The van der Waals surface area contributed by atoms with E-state index in [2.05, 4.69) is 29.3 Å². The Balaban J connectivity index is 1.52. The van der Waals surface area contributed by atoms with E-state index in [4.69, 9.17) is 4.52 Å². The quantitative estimate of drug-likeness (QED) is 0.737. The van der Waals surface area contributed by atoms with Crippen molar-refractivity contribution in [3.05, 3.63) is 54.1 Å². The molecule has 1 N–H and O–H groups in total. The summed E-state index contributed by atoms with van der Waals surface area (Å²) in [7, 11) is 2.13. The summed E-state index contributed by atoms with van der Waals surface area (Å²) in [4.78, 5) is 14.9. The predicted octanol–water partition coefficient (Wildman–Crippen LogP) is 3.71. The SMILES string of the molecule is CC(CNC(=O)c1ccc2noc(-c3ccccc3)c2c1)N(C)C1CC1. The van der Waals surface area contributed by atoms with Crippen LogP contribution in [-0.2, 0) is 0 Å². The molecule has 134 valence electrons. The zero-order valence-electron chi connectivity index (χ0n) is 15.1. The minimum absolute atomic E-state index is 0.0665. The third kappa shape index (κ3) is 3.35. The second kappa shape index (κ2) is 6.92. The first kappa shape index (κ1) is 16.8. The van der Waals surface area contributed by atoms with Crippen LogP contribution < -0.4 is 5.32 Å². The van der Waals surface area contributed by atoms with Gasteiger partial charge in [0.25, 0.3) is 5.91 Å². The number of amides is 1. The lowest BCUT2D eigenvalue weighted by Crippen LogP contribution is -2.41. The number of rotatable bonds is 6. The van der Waals surface area contributed by atoms with E-state index in [0.717, 1.165) is 16.5 Å². The summed E-state index contributed by atoms with van der Waals surface area (Å²) < 4.78 is 5.51. The first-order chi connectivity index (χ1) is 12.6. The van der Waals surface area contributed by atoms with Crippen LogP contribution in [0.2, 0.25) is 0 Å². The van der Waals surface area contributed by atoms with Crippen LogP contribution >= 0.6 is 0 Å². The van der Waals surface area contributed by atoms with E-state index in [1.165, 1.54) is 12.8 Å². The Hall–Kier alpha value is -2.66. The second-order valence-electron chi connectivity index (χ2n) is 7.07. The van der Waals surface area contributed by atoms with E-state index in [-0.39, 0.29) is 5.91 Å². The molecule has 1 aliphatic carbocycles. The van der Waals surface area contributed by atoms with Crippen LogP contribution in [0.4, 0.5) is 0 Å². The van der Waals surface area contributed by atoms with E-state index in [0.29, 0.717) is 30.0 Å². The molecule has 1 saturated carbocycles. The van der Waals surface area contributed by atoms with Gasteiger partial charge in [0.05, 0.1) is 5.39 Å². The number of hydrogen-bond donors (Lipinski definition) is 1. The molecule has 1 heterocycles. The van der Waals surface area contributed by atoms with Crippen molar-refractivity contribution in [1.29, 1.82) is 0 Å². The van der Waals surface area contributed by atoms with Gasteiger partial charge in [0, 0.05) is 29.8 Å². The van der Waals surface area contributed by atoms with Crippen molar-refractivity contribution in [2.24, 2.45) is 0 Å². The number of nitrogens with zero attached hydrogens (tertiary/aromatic N) is 2. The molecular weight excluding hydrogens is 326 g/mol. The number of aromatic nitrogens is 1. The molecule has 4 rings (SSSR count). The van der Waals surface area contributed by atoms with Crippen LogP contribution in [0.5, 0.6) is 0 Å². The van der Waals surface area contributed by atoms with Gasteiger partial charge in [-0.25, -0.2) is 0 Å². The van der Waals surface area contributed by atoms with Gasteiger partial charge in [-0.05, 0) is 45.0 Å². The number of fused-ring (bicyclic) bond motifs is 1. The first-order valence-electron chi connectivity index (χ1n) is 9.08. The second-order valence-corrected chi connectivity index (χ2v) is 7.07. The van der Waals surface area contributed by atoms with Crippen LogP contribution in [0.15, 0.2) is 53.1 Å². The molecule has 1 aliphatic rings. The largest absolute Gasteiger partial charge is 0.355 e. The topological polar surface area (TPSA) is 58.4 Å². The van der Waals surface area contributed by atoms with Gasteiger partial charge >= 0.3 is 0 Å². The minimum Gasteiger partial charge on any atom is -0.355 e. The standard InChI is InChI=1S/C21H23N3O2/c1-14(24(2)17-9-10-17)13-22-21(25)16-8-11-19-18(12-16)20(26-23-19)15-6-4-3-5-7-15/h3-8,11-12,14,17H,9-10,13H2,1-2H3,(H,22,25). The van der Waals surface area contributed by atoms with Crippen LogP contribution in [0.1, 0.15) is 30.1 Å². The third-order valence-corrected chi connectivity index (χ3v) is 5.15. The van der Waals surface area contributed by atoms with E-state index in [9.17, 15) is 4.79 Å². The highest BCUT2D eigenvalue weighted by Crippen LogP contribution is 2.29. The van der Waals surface area contributed by atoms with E-state index in [1.807, 2.05) is 42.5 Å². The molecule has 5 heteroatoms. The fourth-order valence-electron chi connectivity index (χ4n) is 3.21. The summed E-state index contributed by atoms with van der Waals surface area (Å²) in [5, 5.41) is 8.01. The molecule has 0 spiro atoms. The van der Waals surface area contributed by atoms with Crippen LogP contribution in [0.25, 0.3) is 22.2 Å². The van der Waals surface area contributed by atoms with Crippen molar-refractivity contribution in [3.63, 3.8) is 0 Å². The average molecular weight is 349 g/mol. The van der Waals surface area contributed by atoms with Gasteiger partial charge in [0.15, 0.2) is 5.76 Å². The molecule has 0 radical (unpaired) electrons. The molecule has 3 aromatic rings. The summed E-state index contributed by atoms with van der Waals surface area (Å²) in [5.41, 5.74) is 2.33. The maximum absolute atomic E-state index is 12.6. The minimum atomic E-state index is -0.0665. The van der Waals surface area contributed by atoms with Gasteiger partial charge in [-0.15, -0.1) is 0 Å². The van der Waals surface area contributed by atoms with Gasteiger partial charge in [-0.2, -0.15) is 0 Å². The van der Waals surface area contributed by atoms with Gasteiger partial charge in [0.1, 0.15) is 5.52 Å². The highest BCUT2D eigenvalue weighted by Gasteiger charge is 2.29. The Labute approximate surface area is 153 Å². The van der Waals surface area contributed by atoms with Gasteiger partial charge < -0.3 is 9.84 Å². The summed E-state index contributed by atoms with van der Waals surface area (Å²) in [5.74, 6) is 0.625. The van der Waals surface area contributed by atoms with E-state index in [1.54, 1.807) is 6.07 Å². The van der Waals surface area contributed by atoms with E-state index < -0.39 is 0 Å². The maximum atomic E-state index is 12.6. The Morgan fingerprint density at radius 3 is 2.77 bits per heavy atom. The molecule has 1 unspecified atom stereocenters. The Morgan fingerprint density at radius 2 is 2.04 bits per heavy atom. The fourth-order valence-corrected chi connectivity index (χ4v) is 3.21. The van der Waals surface area contributed by atoms with E-state index >= 15 is 0 Å². The van der Waals surface area contributed by atoms with Crippen LogP contribution in [0.3, 0.4) is 0 Å². The lowest BCUT2D eigenvalue weighted by Gasteiger charge is -2.24. The maximum Gasteiger partial charge on any atom is 0.251 e. The smallest absolute Gasteiger partial charge is 0.251 e. The molecule has 0 saturated heterocycles. The number of nitrogens with one attached hydrogen (secondary N) is 1. The van der Waals surface area contributed by atoms with Gasteiger partial charge in [0.2, 0.25) is 0 Å². The normalized spacial score (nSPS) is 15.3. The van der Waals surface area contributed by atoms with Crippen molar-refractivity contribution < 1.29 is 9.32 Å². The molecular formula is C21H23N3O2. The number of hydrogen-bond acceptors (Lipinski definition) is 4. The lowest BCUT2D eigenvalue weighted by molar-refractivity contribution is 0.0939. The molecule has 2 aromatic carbocycles. The Kier molecular flexibility index (Phi) is 4.47. The number of carbonyl (C=O) groups excluding carboxylic acids is 1. The molecule has 5 nitrogen and oxygen atoms in total. The molecule has 1 amide bonds. The lowest BCUT2D eigenvalue weighted by atomic mass is 10.1. The Morgan fingerprint density at radius 1 is 1.27 bits per heavy atom. The van der Waals surface area contributed by atoms with Crippen molar-refractivity contribution in [3.8, 4) is 11.3 Å². The zero-order chi connectivity index (χ0) is 18.1. The third-order valence-electron chi connectivity index (χ3n) is 5.15. The van der Waals surface area contributed by atoms with Crippen LogP contribution in [-0.4, -0.2) is 41.6 Å². The molecule has 0 aliphatic heterocycles. The summed E-state index contributed by atoms with van der Waals surface area (Å²) >= 11 is 0. The van der Waals surface area contributed by atoms with Gasteiger partial charge in [-0.1, -0.05) is 35.5 Å². The first-order valence-corrected chi connectivity index (χ1v) is 9.08. The fraction of sp³-hybridized carbons (Fsp3) is 0.333. The highest BCUT2D eigenvalue weighted by atomic mass is 16.5. The van der Waals surface area contributed by atoms with Crippen molar-refractivity contribution >= 4 is 16.8 Å². The zero-order valence-corrected chi connectivity index (χ0v) is 15.1. The number of likely N-dealkylation sites (N-methyl/N-ethyl adjacent to an activating group) is 1. The summed E-state index contributed by atoms with van der Waals surface area (Å²) in [6.07, 6.45) is 2.53. The average Bonchev–Trinajstić information content (AvgIpc) is 3.44. The van der Waals surface area contributed by atoms with Crippen molar-refractivity contribution in [2.75, 3.05) is 13.6 Å². The number of benzene rings is 2. The van der Waals surface area contributed by atoms with Crippen molar-refractivity contribution in [1.82, 2.24) is 15.4 Å². The predicted molar refractivity (Wildman–Crippen MR) is 102 cm³/mol. The molecule has 1 fully saturated rings. The molecule has 1 atom stereocenters. The number of carbonyl (C=O) groups is 1. The summed E-state index contributed by atoms with van der Waals surface area (Å²) in [6.45, 7) is 2.79. The molecule has 1 aromatic heterocycles. The monoisotopic (exact) mass is 349 g/mol. The highest BCUT2D eigenvalue weighted by molar-refractivity contribution is 6.00. The molecule has 0 bridgehead atoms. The summed E-state index contributed by atoms with van der Waals surface area (Å²) in [6, 6.07) is 16.3. The van der Waals surface area contributed by atoms with Crippen LogP contribution in [0, 0.1) is 0 Å². The Bertz CT molecular complexity index is 915. The van der Waals surface area contributed by atoms with Crippen molar-refractivity contribution in [2.45, 2.75) is 31.8 Å².